The molecule has 2 atom stereocenters. The van der Waals surface area contributed by atoms with Crippen LogP contribution in [0.3, 0.4) is 0 Å². The number of methoxy groups -OCH3 is 1. The maximum absolute atomic E-state index is 11.2. The van der Waals surface area contributed by atoms with Crippen LogP contribution >= 0.6 is 0 Å². The van der Waals surface area contributed by atoms with Gasteiger partial charge in [-0.05, 0) is 19.4 Å². The molecule has 0 spiro atoms. The molecule has 1 rings (SSSR count). The molecule has 1 heterocycles. The van der Waals surface area contributed by atoms with Gasteiger partial charge in [-0.25, -0.2) is 0 Å². The third-order valence-electron chi connectivity index (χ3n) is 2.69. The van der Waals surface area contributed by atoms with Gasteiger partial charge >= 0.3 is 5.97 Å². The van der Waals surface area contributed by atoms with Crippen molar-refractivity contribution in [2.24, 2.45) is 5.92 Å². The minimum absolute atomic E-state index is 0.0000463. The van der Waals surface area contributed by atoms with E-state index in [1.807, 2.05) is 7.05 Å². The molecule has 0 bridgehead atoms. The van der Waals surface area contributed by atoms with E-state index < -0.39 is 0 Å². The van der Waals surface area contributed by atoms with Crippen molar-refractivity contribution < 1.29 is 9.53 Å². The maximum atomic E-state index is 11.2. The second-order valence-electron chi connectivity index (χ2n) is 3.49. The molecule has 2 unspecified atom stereocenters. The first-order chi connectivity index (χ1) is 5.69. The number of hydrogen-bond donors (Lipinski definition) is 0. The largest absolute Gasteiger partial charge is 0.468 e. The summed E-state index contributed by atoms with van der Waals surface area (Å²) in [5.74, 6) is 0.576. The summed E-state index contributed by atoms with van der Waals surface area (Å²) in [6.45, 7) is 3.19. The summed E-state index contributed by atoms with van der Waals surface area (Å²) in [7, 11) is 3.44. The standard InChI is InChI=1S/C9H17NO2/c1-4-7-5-8(9(11)12-3)10(2)6-7/h7-8H,4-6H2,1-3H3. The van der Waals surface area contributed by atoms with Gasteiger partial charge in [0.25, 0.3) is 0 Å². The van der Waals surface area contributed by atoms with Crippen molar-refractivity contribution in [1.29, 1.82) is 0 Å². The number of nitrogens with zero attached hydrogens (tertiary/aromatic N) is 1. The van der Waals surface area contributed by atoms with Crippen LogP contribution in [-0.4, -0.2) is 37.6 Å². The van der Waals surface area contributed by atoms with E-state index >= 15 is 0 Å². The third kappa shape index (κ3) is 1.78. The Labute approximate surface area is 73.7 Å². The Kier molecular flexibility index (Phi) is 3.09. The van der Waals surface area contributed by atoms with Crippen molar-refractivity contribution in [2.75, 3.05) is 20.7 Å². The number of esters is 1. The van der Waals surface area contributed by atoms with Crippen LogP contribution in [0.1, 0.15) is 19.8 Å². The van der Waals surface area contributed by atoms with Crippen LogP contribution in [-0.2, 0) is 9.53 Å². The highest BCUT2D eigenvalue weighted by atomic mass is 16.5. The van der Waals surface area contributed by atoms with Gasteiger partial charge in [0.1, 0.15) is 6.04 Å². The SMILES string of the molecule is CCC1CC(C(=O)OC)N(C)C1. The highest BCUT2D eigenvalue weighted by molar-refractivity contribution is 5.76. The van der Waals surface area contributed by atoms with E-state index in [0.29, 0.717) is 5.92 Å². The molecule has 1 fully saturated rings. The van der Waals surface area contributed by atoms with E-state index in [2.05, 4.69) is 11.8 Å². The first-order valence-corrected chi connectivity index (χ1v) is 4.47. The second kappa shape index (κ2) is 3.90. The molecular weight excluding hydrogens is 154 g/mol. The van der Waals surface area contributed by atoms with Gasteiger partial charge < -0.3 is 4.74 Å². The average Bonchev–Trinajstić information content (AvgIpc) is 2.45. The van der Waals surface area contributed by atoms with E-state index in [-0.39, 0.29) is 12.0 Å². The van der Waals surface area contributed by atoms with Crippen LogP contribution in [0.2, 0.25) is 0 Å². The van der Waals surface area contributed by atoms with Crippen molar-refractivity contribution in [3.05, 3.63) is 0 Å². The summed E-state index contributed by atoms with van der Waals surface area (Å²) in [4.78, 5) is 13.3. The molecule has 1 saturated heterocycles. The Morgan fingerprint density at radius 2 is 2.33 bits per heavy atom. The molecule has 1 aliphatic heterocycles. The van der Waals surface area contributed by atoms with Gasteiger partial charge in [0.15, 0.2) is 0 Å². The summed E-state index contributed by atoms with van der Waals surface area (Å²) in [6, 6.07) is -0.0000463. The van der Waals surface area contributed by atoms with Crippen LogP contribution in [0.5, 0.6) is 0 Å². The van der Waals surface area contributed by atoms with Crippen LogP contribution in [0.25, 0.3) is 0 Å². The van der Waals surface area contributed by atoms with Crippen molar-refractivity contribution >= 4 is 5.97 Å². The van der Waals surface area contributed by atoms with Gasteiger partial charge in [0.05, 0.1) is 7.11 Å². The molecular formula is C9H17NO2. The predicted octanol–water partition coefficient (Wildman–Crippen LogP) is 0.890. The lowest BCUT2D eigenvalue weighted by molar-refractivity contribution is -0.145. The highest BCUT2D eigenvalue weighted by Gasteiger charge is 2.33. The molecule has 12 heavy (non-hydrogen) atoms. The molecule has 0 radical (unpaired) electrons. The van der Waals surface area contributed by atoms with Gasteiger partial charge in [0, 0.05) is 6.54 Å². The summed E-state index contributed by atoms with van der Waals surface area (Å²) in [5.41, 5.74) is 0. The lowest BCUT2D eigenvalue weighted by Gasteiger charge is -2.15. The van der Waals surface area contributed by atoms with Crippen molar-refractivity contribution in [2.45, 2.75) is 25.8 Å². The van der Waals surface area contributed by atoms with Gasteiger partial charge in [-0.2, -0.15) is 0 Å². The Bertz CT molecular complexity index is 170. The molecule has 0 saturated carbocycles. The minimum Gasteiger partial charge on any atom is -0.468 e. The van der Waals surface area contributed by atoms with E-state index in [4.69, 9.17) is 4.74 Å². The molecule has 3 nitrogen and oxygen atoms in total. The number of carbonyl (C=O) groups excluding carboxylic acids is 1. The molecule has 0 amide bonds. The lowest BCUT2D eigenvalue weighted by atomic mass is 10.0. The zero-order chi connectivity index (χ0) is 9.14. The fourth-order valence-electron chi connectivity index (χ4n) is 1.81. The summed E-state index contributed by atoms with van der Waals surface area (Å²) < 4.78 is 4.72. The Balaban J connectivity index is 2.51. The first-order valence-electron chi connectivity index (χ1n) is 4.47. The molecule has 0 aromatic rings. The lowest BCUT2D eigenvalue weighted by Crippen LogP contribution is -2.33. The van der Waals surface area contributed by atoms with Gasteiger partial charge in [-0.3, -0.25) is 9.69 Å². The van der Waals surface area contributed by atoms with Crippen LogP contribution in [0.15, 0.2) is 0 Å². The molecule has 1 aliphatic rings. The number of rotatable bonds is 2. The van der Waals surface area contributed by atoms with Gasteiger partial charge in [-0.15, -0.1) is 0 Å². The molecule has 3 heteroatoms. The topological polar surface area (TPSA) is 29.5 Å². The number of hydrogen-bond acceptors (Lipinski definition) is 3. The summed E-state index contributed by atoms with van der Waals surface area (Å²) in [6.07, 6.45) is 2.11. The summed E-state index contributed by atoms with van der Waals surface area (Å²) in [5, 5.41) is 0. The smallest absolute Gasteiger partial charge is 0.323 e. The Morgan fingerprint density at radius 1 is 1.67 bits per heavy atom. The molecule has 0 N–H and O–H groups in total. The number of likely N-dealkylation sites (N-methyl/N-ethyl adjacent to an activating group) is 1. The van der Waals surface area contributed by atoms with Crippen molar-refractivity contribution in [3.8, 4) is 0 Å². The van der Waals surface area contributed by atoms with E-state index in [1.165, 1.54) is 7.11 Å². The normalized spacial score (nSPS) is 30.6. The zero-order valence-corrected chi connectivity index (χ0v) is 8.04. The quantitative estimate of drug-likeness (QED) is 0.578. The molecule has 0 aromatic carbocycles. The Morgan fingerprint density at radius 3 is 2.75 bits per heavy atom. The van der Waals surface area contributed by atoms with Crippen LogP contribution in [0.4, 0.5) is 0 Å². The number of ether oxygens (including phenoxy) is 1. The second-order valence-corrected chi connectivity index (χ2v) is 3.49. The van der Waals surface area contributed by atoms with E-state index in [9.17, 15) is 4.79 Å². The molecule has 0 aliphatic carbocycles. The minimum atomic E-state index is -0.0894. The fourth-order valence-corrected chi connectivity index (χ4v) is 1.81. The number of likely N-dealkylation sites (tertiary alicyclic amines) is 1. The Hall–Kier alpha value is -0.570. The predicted molar refractivity (Wildman–Crippen MR) is 46.8 cm³/mol. The molecule has 70 valence electrons. The number of carbonyl (C=O) groups is 1. The maximum Gasteiger partial charge on any atom is 0.323 e. The van der Waals surface area contributed by atoms with Gasteiger partial charge in [-0.1, -0.05) is 13.3 Å². The van der Waals surface area contributed by atoms with Crippen LogP contribution in [0, 0.1) is 5.92 Å². The summed E-state index contributed by atoms with van der Waals surface area (Å²) >= 11 is 0. The first kappa shape index (κ1) is 9.52. The van der Waals surface area contributed by atoms with Crippen LogP contribution < -0.4 is 0 Å². The average molecular weight is 171 g/mol. The zero-order valence-electron chi connectivity index (χ0n) is 8.04. The monoisotopic (exact) mass is 171 g/mol. The van der Waals surface area contributed by atoms with Crippen molar-refractivity contribution in [1.82, 2.24) is 4.90 Å². The van der Waals surface area contributed by atoms with Crippen molar-refractivity contribution in [3.63, 3.8) is 0 Å². The third-order valence-corrected chi connectivity index (χ3v) is 2.69. The highest BCUT2D eigenvalue weighted by Crippen LogP contribution is 2.24. The van der Waals surface area contributed by atoms with Gasteiger partial charge in [0.2, 0.25) is 0 Å². The van der Waals surface area contributed by atoms with E-state index in [1.54, 1.807) is 0 Å². The fraction of sp³-hybridized carbons (Fsp3) is 0.889. The molecule has 0 aromatic heterocycles. The van der Waals surface area contributed by atoms with E-state index in [0.717, 1.165) is 19.4 Å².